The van der Waals surface area contributed by atoms with Gasteiger partial charge in [-0.05, 0) is 62.5 Å². The van der Waals surface area contributed by atoms with Crippen LogP contribution in [0.1, 0.15) is 44.4 Å². The Bertz CT molecular complexity index is 813. The molecule has 154 valence electrons. The van der Waals surface area contributed by atoms with Crippen LogP contribution in [0.2, 0.25) is 0 Å². The number of amides is 2. The van der Waals surface area contributed by atoms with Gasteiger partial charge in [-0.25, -0.2) is 0 Å². The minimum atomic E-state index is -0.455. The summed E-state index contributed by atoms with van der Waals surface area (Å²) in [6.45, 7) is 4.77. The Hall–Kier alpha value is -2.60. The highest BCUT2D eigenvalue weighted by molar-refractivity contribution is 6.03. The van der Waals surface area contributed by atoms with Gasteiger partial charge in [0.1, 0.15) is 11.8 Å². The Labute approximate surface area is 171 Å². The van der Waals surface area contributed by atoms with Crippen molar-refractivity contribution >= 4 is 17.5 Å². The molecule has 2 aromatic rings. The van der Waals surface area contributed by atoms with Crippen LogP contribution in [-0.2, 0) is 9.59 Å². The van der Waals surface area contributed by atoms with Crippen molar-refractivity contribution in [3.63, 3.8) is 0 Å². The molecule has 2 aliphatic rings. The number of benzene rings is 1. The zero-order chi connectivity index (χ0) is 20.2. The van der Waals surface area contributed by atoms with Gasteiger partial charge in [0, 0.05) is 18.7 Å². The summed E-state index contributed by atoms with van der Waals surface area (Å²) in [4.78, 5) is 29.5. The Morgan fingerprint density at radius 1 is 1.14 bits per heavy atom. The maximum atomic E-state index is 13.0. The van der Waals surface area contributed by atoms with Crippen LogP contribution < -0.4 is 10.2 Å². The molecule has 2 amide bonds. The predicted molar refractivity (Wildman–Crippen MR) is 111 cm³/mol. The third kappa shape index (κ3) is 4.37. The molecule has 2 fully saturated rings. The fourth-order valence-corrected chi connectivity index (χ4v) is 4.39. The van der Waals surface area contributed by atoms with Crippen LogP contribution in [0.25, 0.3) is 0 Å². The molecule has 1 aromatic heterocycles. The summed E-state index contributed by atoms with van der Waals surface area (Å²) in [6.07, 6.45) is 4.95. The van der Waals surface area contributed by atoms with Gasteiger partial charge in [0.05, 0.1) is 12.3 Å². The highest BCUT2D eigenvalue weighted by Gasteiger charge is 2.37. The van der Waals surface area contributed by atoms with E-state index >= 15 is 0 Å². The fourth-order valence-electron chi connectivity index (χ4n) is 4.39. The minimum absolute atomic E-state index is 0.00366. The highest BCUT2D eigenvalue weighted by Crippen LogP contribution is 2.28. The summed E-state index contributed by atoms with van der Waals surface area (Å²) >= 11 is 0. The van der Waals surface area contributed by atoms with Gasteiger partial charge in [-0.2, -0.15) is 0 Å². The second kappa shape index (κ2) is 8.82. The van der Waals surface area contributed by atoms with Crippen LogP contribution in [0.5, 0.6) is 0 Å². The van der Waals surface area contributed by atoms with Crippen molar-refractivity contribution in [3.05, 3.63) is 54.5 Å². The van der Waals surface area contributed by atoms with Crippen LogP contribution in [0.4, 0.5) is 5.69 Å². The second-order valence-corrected chi connectivity index (χ2v) is 8.15. The van der Waals surface area contributed by atoms with Crippen LogP contribution in [0, 0.1) is 5.92 Å². The molecule has 2 aliphatic heterocycles. The van der Waals surface area contributed by atoms with Gasteiger partial charge >= 0.3 is 0 Å². The molecular formula is C23H29N3O3. The molecule has 0 bridgehead atoms. The van der Waals surface area contributed by atoms with E-state index in [0.717, 1.165) is 43.3 Å². The number of anilines is 1. The normalized spacial score (nSPS) is 22.0. The molecule has 4 rings (SSSR count). The number of carbonyl (C=O) groups is 2. The van der Waals surface area contributed by atoms with Crippen molar-refractivity contribution in [1.82, 2.24) is 10.2 Å². The van der Waals surface area contributed by atoms with Gasteiger partial charge in [0.25, 0.3) is 0 Å². The number of hydrogen-bond acceptors (Lipinski definition) is 4. The monoisotopic (exact) mass is 395 g/mol. The van der Waals surface area contributed by atoms with Crippen molar-refractivity contribution in [2.24, 2.45) is 5.92 Å². The Morgan fingerprint density at radius 2 is 1.90 bits per heavy atom. The van der Waals surface area contributed by atoms with E-state index in [2.05, 4.69) is 17.1 Å². The summed E-state index contributed by atoms with van der Waals surface area (Å²) < 4.78 is 5.68. The SMILES string of the molecule is CC1CCN(C(CNC(=O)C2CCC(=O)N2c2ccccc2)c2ccco2)CC1. The van der Waals surface area contributed by atoms with Crippen LogP contribution in [0.15, 0.2) is 53.1 Å². The average Bonchev–Trinajstić information content (AvgIpc) is 3.40. The van der Waals surface area contributed by atoms with Crippen molar-refractivity contribution < 1.29 is 14.0 Å². The third-order valence-corrected chi connectivity index (χ3v) is 6.15. The molecule has 6 nitrogen and oxygen atoms in total. The van der Waals surface area contributed by atoms with E-state index in [1.54, 1.807) is 11.2 Å². The minimum Gasteiger partial charge on any atom is -0.468 e. The van der Waals surface area contributed by atoms with E-state index < -0.39 is 6.04 Å². The van der Waals surface area contributed by atoms with Crippen LogP contribution in [-0.4, -0.2) is 42.4 Å². The number of furan rings is 1. The van der Waals surface area contributed by atoms with E-state index in [9.17, 15) is 9.59 Å². The lowest BCUT2D eigenvalue weighted by Gasteiger charge is -2.36. The van der Waals surface area contributed by atoms with E-state index in [0.29, 0.717) is 19.4 Å². The number of nitrogens with one attached hydrogen (secondary N) is 1. The molecular weight excluding hydrogens is 366 g/mol. The van der Waals surface area contributed by atoms with E-state index in [4.69, 9.17) is 4.42 Å². The number of para-hydroxylation sites is 1. The summed E-state index contributed by atoms with van der Waals surface area (Å²) in [5.74, 6) is 1.52. The second-order valence-electron chi connectivity index (χ2n) is 8.15. The quantitative estimate of drug-likeness (QED) is 0.815. The largest absolute Gasteiger partial charge is 0.468 e. The molecule has 0 saturated carbocycles. The molecule has 2 unspecified atom stereocenters. The van der Waals surface area contributed by atoms with Crippen molar-refractivity contribution in [2.45, 2.75) is 44.7 Å². The molecule has 1 aromatic carbocycles. The Balaban J connectivity index is 1.44. The van der Waals surface area contributed by atoms with Crippen LogP contribution in [0.3, 0.4) is 0 Å². The Morgan fingerprint density at radius 3 is 2.59 bits per heavy atom. The molecule has 2 saturated heterocycles. The van der Waals surface area contributed by atoms with Gasteiger partial charge in [-0.1, -0.05) is 25.1 Å². The first-order valence-electron chi connectivity index (χ1n) is 10.6. The first-order chi connectivity index (χ1) is 14.1. The molecule has 29 heavy (non-hydrogen) atoms. The molecule has 6 heteroatoms. The fraction of sp³-hybridized carbons (Fsp3) is 0.478. The lowest BCUT2D eigenvalue weighted by atomic mass is 9.97. The topological polar surface area (TPSA) is 65.8 Å². The summed E-state index contributed by atoms with van der Waals surface area (Å²) in [5, 5.41) is 3.11. The van der Waals surface area contributed by atoms with Crippen molar-refractivity contribution in [3.8, 4) is 0 Å². The molecule has 1 N–H and O–H groups in total. The number of likely N-dealkylation sites (tertiary alicyclic amines) is 1. The van der Waals surface area contributed by atoms with Gasteiger partial charge in [-0.15, -0.1) is 0 Å². The maximum Gasteiger partial charge on any atom is 0.243 e. The molecule has 2 atom stereocenters. The molecule has 0 aliphatic carbocycles. The number of hydrogen-bond donors (Lipinski definition) is 1. The van der Waals surface area contributed by atoms with E-state index in [-0.39, 0.29) is 17.9 Å². The molecule has 0 spiro atoms. The van der Waals surface area contributed by atoms with Crippen molar-refractivity contribution in [1.29, 1.82) is 0 Å². The summed E-state index contributed by atoms with van der Waals surface area (Å²) in [5.41, 5.74) is 0.780. The smallest absolute Gasteiger partial charge is 0.243 e. The van der Waals surface area contributed by atoms with E-state index in [1.165, 1.54) is 0 Å². The number of carbonyl (C=O) groups excluding carboxylic acids is 2. The average molecular weight is 396 g/mol. The standard InChI is InChI=1S/C23H29N3O3/c1-17-11-13-25(14-12-17)20(21-8-5-15-29-21)16-24-23(28)19-9-10-22(27)26(19)18-6-3-2-4-7-18/h2-8,15,17,19-20H,9-14,16H2,1H3,(H,24,28). The summed E-state index contributed by atoms with van der Waals surface area (Å²) in [6, 6.07) is 12.9. The first kappa shape index (κ1) is 19.7. The van der Waals surface area contributed by atoms with Gasteiger partial charge in [-0.3, -0.25) is 19.4 Å². The number of nitrogens with zero attached hydrogens (tertiary/aromatic N) is 2. The van der Waals surface area contributed by atoms with Gasteiger partial charge in [0.15, 0.2) is 0 Å². The van der Waals surface area contributed by atoms with Crippen LogP contribution >= 0.6 is 0 Å². The summed E-state index contributed by atoms with van der Waals surface area (Å²) in [7, 11) is 0. The van der Waals surface area contributed by atoms with E-state index in [1.807, 2.05) is 42.5 Å². The van der Waals surface area contributed by atoms with Gasteiger partial charge < -0.3 is 9.73 Å². The molecule has 3 heterocycles. The Kier molecular flexibility index (Phi) is 6.00. The molecule has 0 radical (unpaired) electrons. The first-order valence-corrected chi connectivity index (χ1v) is 10.6. The zero-order valence-corrected chi connectivity index (χ0v) is 16.9. The predicted octanol–water partition coefficient (Wildman–Crippen LogP) is 3.36. The third-order valence-electron chi connectivity index (χ3n) is 6.15. The zero-order valence-electron chi connectivity index (χ0n) is 16.9. The maximum absolute atomic E-state index is 13.0. The number of piperidine rings is 1. The highest BCUT2D eigenvalue weighted by atomic mass is 16.3. The van der Waals surface area contributed by atoms with Crippen molar-refractivity contribution in [2.75, 3.05) is 24.5 Å². The number of rotatable bonds is 6. The van der Waals surface area contributed by atoms with Gasteiger partial charge in [0.2, 0.25) is 11.8 Å². The lowest BCUT2D eigenvalue weighted by Crippen LogP contribution is -2.48. The lowest BCUT2D eigenvalue weighted by molar-refractivity contribution is -0.124.